The van der Waals surface area contributed by atoms with E-state index in [1.54, 1.807) is 0 Å². The van der Waals surface area contributed by atoms with E-state index in [0.717, 1.165) is 36.4 Å². The fourth-order valence-corrected chi connectivity index (χ4v) is 5.94. The van der Waals surface area contributed by atoms with E-state index in [1.165, 1.54) is 41.4 Å². The Bertz CT molecular complexity index is 929. The molecule has 1 unspecified atom stereocenters. The molecule has 188 valence electrons. The van der Waals surface area contributed by atoms with Crippen LogP contribution < -0.4 is 11.1 Å². The molecule has 2 aromatic rings. The molecule has 1 aliphatic heterocycles. The first-order valence-corrected chi connectivity index (χ1v) is 13.1. The van der Waals surface area contributed by atoms with E-state index in [1.807, 2.05) is 20.8 Å². The standard InChI is InChI=1S/C18H21N3.C10H21N.C2H6/c1-12-5-7-17-16-8-6-13(15(10-19)11-20)9-14(16)3-2-4-18(17)21-12;1-8-6-9(2,3)11-10(4,5)7-8;1-2/h5-10,15,19H,2-4,11,20H2,1H3;8,11H,6-7H2,1-5H3;1-2H3. The van der Waals surface area contributed by atoms with E-state index in [0.29, 0.717) is 17.6 Å². The Hall–Kier alpha value is -2.04. The average Bonchev–Trinajstić information content (AvgIpc) is 2.92. The molecule has 0 radical (unpaired) electrons. The van der Waals surface area contributed by atoms with Crippen molar-refractivity contribution in [3.8, 4) is 11.1 Å². The number of aromatic nitrogens is 1. The molecule has 2 heterocycles. The van der Waals surface area contributed by atoms with Crippen molar-refractivity contribution in [1.29, 1.82) is 5.41 Å². The average molecular weight is 465 g/mol. The second-order valence-corrected chi connectivity index (χ2v) is 11.1. The summed E-state index contributed by atoms with van der Waals surface area (Å²) in [6.07, 6.45) is 7.27. The maximum Gasteiger partial charge on any atom is 0.0485 e. The molecule has 1 aromatic carbocycles. The van der Waals surface area contributed by atoms with Gasteiger partial charge in [-0.2, -0.15) is 0 Å². The highest BCUT2D eigenvalue weighted by molar-refractivity contribution is 5.73. The Labute approximate surface area is 208 Å². The normalized spacial score (nSPS) is 19.1. The summed E-state index contributed by atoms with van der Waals surface area (Å²) in [5.74, 6) is 0.885. The van der Waals surface area contributed by atoms with Crippen LogP contribution in [0.1, 0.15) is 96.2 Å². The van der Waals surface area contributed by atoms with Gasteiger partial charge in [0.2, 0.25) is 0 Å². The largest absolute Gasteiger partial charge is 0.329 e. The quantitative estimate of drug-likeness (QED) is 0.436. The summed E-state index contributed by atoms with van der Waals surface area (Å²) in [6, 6.07) is 10.8. The van der Waals surface area contributed by atoms with Gasteiger partial charge in [-0.05, 0) is 95.4 Å². The Morgan fingerprint density at radius 3 is 2.24 bits per heavy atom. The lowest BCUT2D eigenvalue weighted by Gasteiger charge is -2.45. The van der Waals surface area contributed by atoms with E-state index >= 15 is 0 Å². The van der Waals surface area contributed by atoms with E-state index in [2.05, 4.69) is 70.3 Å². The van der Waals surface area contributed by atoms with Gasteiger partial charge in [-0.3, -0.25) is 4.98 Å². The Balaban J connectivity index is 0.000000266. The minimum atomic E-state index is 0.0224. The molecule has 34 heavy (non-hydrogen) atoms. The van der Waals surface area contributed by atoms with Crippen LogP contribution in [0.4, 0.5) is 0 Å². The van der Waals surface area contributed by atoms with Crippen molar-refractivity contribution in [2.45, 2.75) is 104 Å². The number of aryl methyl sites for hydroxylation is 3. The summed E-state index contributed by atoms with van der Waals surface area (Å²) in [7, 11) is 0. The Morgan fingerprint density at radius 2 is 1.68 bits per heavy atom. The van der Waals surface area contributed by atoms with Gasteiger partial charge >= 0.3 is 0 Å². The van der Waals surface area contributed by atoms with Gasteiger partial charge in [0.15, 0.2) is 0 Å². The van der Waals surface area contributed by atoms with Gasteiger partial charge in [-0.25, -0.2) is 0 Å². The molecule has 1 aliphatic carbocycles. The van der Waals surface area contributed by atoms with Crippen molar-refractivity contribution in [3.05, 3.63) is 52.8 Å². The lowest BCUT2D eigenvalue weighted by molar-refractivity contribution is 0.138. The summed E-state index contributed by atoms with van der Waals surface area (Å²) in [5, 5.41) is 11.2. The number of benzene rings is 1. The second-order valence-electron chi connectivity index (χ2n) is 11.1. The van der Waals surface area contributed by atoms with Crippen LogP contribution in [0.15, 0.2) is 30.3 Å². The maximum atomic E-state index is 7.51. The number of rotatable bonds is 3. The van der Waals surface area contributed by atoms with Crippen LogP contribution >= 0.6 is 0 Å². The summed E-state index contributed by atoms with van der Waals surface area (Å²) in [5.41, 5.74) is 13.8. The molecule has 4 nitrogen and oxygen atoms in total. The summed E-state index contributed by atoms with van der Waals surface area (Å²) < 4.78 is 0. The van der Waals surface area contributed by atoms with E-state index in [-0.39, 0.29) is 5.92 Å². The lowest BCUT2D eigenvalue weighted by Crippen LogP contribution is -2.57. The number of pyridine rings is 1. The van der Waals surface area contributed by atoms with Crippen molar-refractivity contribution in [2.24, 2.45) is 11.7 Å². The van der Waals surface area contributed by atoms with Gasteiger partial charge in [0, 0.05) is 46.7 Å². The molecule has 1 atom stereocenters. The highest BCUT2D eigenvalue weighted by Gasteiger charge is 2.35. The zero-order valence-corrected chi connectivity index (χ0v) is 22.9. The molecule has 0 bridgehead atoms. The minimum Gasteiger partial charge on any atom is -0.329 e. The maximum absolute atomic E-state index is 7.51. The first-order valence-electron chi connectivity index (χ1n) is 13.1. The van der Waals surface area contributed by atoms with Crippen LogP contribution in [0.2, 0.25) is 0 Å². The van der Waals surface area contributed by atoms with Gasteiger partial charge < -0.3 is 16.5 Å². The van der Waals surface area contributed by atoms with Gasteiger partial charge in [-0.1, -0.05) is 45.0 Å². The van der Waals surface area contributed by atoms with Crippen molar-refractivity contribution in [3.63, 3.8) is 0 Å². The number of nitrogens with zero attached hydrogens (tertiary/aromatic N) is 1. The number of fused-ring (bicyclic) bond motifs is 3. The van der Waals surface area contributed by atoms with Gasteiger partial charge in [0.25, 0.3) is 0 Å². The first-order chi connectivity index (χ1) is 16.0. The first kappa shape index (κ1) is 28.2. The van der Waals surface area contributed by atoms with E-state index in [9.17, 15) is 0 Å². The number of hydrogen-bond acceptors (Lipinski definition) is 4. The SMILES string of the molecule is CC.CC1CC(C)(C)NC(C)(C)C1.Cc1ccc2c(n1)CCCc1cc(C(C=N)CN)ccc1-2. The molecule has 0 amide bonds. The van der Waals surface area contributed by atoms with Gasteiger partial charge in [0.1, 0.15) is 0 Å². The minimum absolute atomic E-state index is 0.0224. The fourth-order valence-electron chi connectivity index (χ4n) is 5.94. The fraction of sp³-hybridized carbons (Fsp3) is 0.600. The molecule has 2 aliphatic rings. The molecule has 1 aromatic heterocycles. The smallest absolute Gasteiger partial charge is 0.0485 e. The third kappa shape index (κ3) is 7.48. The third-order valence-corrected chi connectivity index (χ3v) is 6.67. The molecular weight excluding hydrogens is 416 g/mol. The zero-order chi connectivity index (χ0) is 25.5. The summed E-state index contributed by atoms with van der Waals surface area (Å²) in [4.78, 5) is 4.71. The molecule has 0 saturated carbocycles. The van der Waals surface area contributed by atoms with Crippen LogP contribution in [0.25, 0.3) is 11.1 Å². The third-order valence-electron chi connectivity index (χ3n) is 6.67. The Kier molecular flexibility index (Phi) is 10.0. The molecule has 1 saturated heterocycles. The molecular formula is C30H48N4. The summed E-state index contributed by atoms with van der Waals surface area (Å²) >= 11 is 0. The number of hydrogen-bond donors (Lipinski definition) is 3. The predicted octanol–water partition coefficient (Wildman–Crippen LogP) is 6.83. The molecule has 4 heteroatoms. The highest BCUT2D eigenvalue weighted by Crippen LogP contribution is 2.34. The predicted molar refractivity (Wildman–Crippen MR) is 148 cm³/mol. The van der Waals surface area contributed by atoms with E-state index < -0.39 is 0 Å². The van der Waals surface area contributed by atoms with Crippen LogP contribution in [-0.2, 0) is 12.8 Å². The number of piperidine rings is 1. The van der Waals surface area contributed by atoms with Crippen LogP contribution in [0.3, 0.4) is 0 Å². The zero-order valence-electron chi connectivity index (χ0n) is 22.9. The van der Waals surface area contributed by atoms with Crippen molar-refractivity contribution in [1.82, 2.24) is 10.3 Å². The van der Waals surface area contributed by atoms with Crippen LogP contribution in [0, 0.1) is 18.3 Å². The van der Waals surface area contributed by atoms with Crippen molar-refractivity contribution in [2.75, 3.05) is 6.54 Å². The van der Waals surface area contributed by atoms with E-state index in [4.69, 9.17) is 16.1 Å². The van der Waals surface area contributed by atoms with Gasteiger partial charge in [-0.15, -0.1) is 0 Å². The topological polar surface area (TPSA) is 74.8 Å². The molecule has 0 spiro atoms. The summed E-state index contributed by atoms with van der Waals surface area (Å²) in [6.45, 7) is 18.1. The second kappa shape index (κ2) is 12.1. The number of nitrogens with one attached hydrogen (secondary N) is 2. The monoisotopic (exact) mass is 464 g/mol. The van der Waals surface area contributed by atoms with Gasteiger partial charge in [0.05, 0.1) is 0 Å². The number of nitrogens with two attached hydrogens (primary N) is 1. The molecule has 4 rings (SSSR count). The Morgan fingerprint density at radius 1 is 1.06 bits per heavy atom. The van der Waals surface area contributed by atoms with Crippen molar-refractivity contribution >= 4 is 6.21 Å². The molecule has 4 N–H and O–H groups in total. The lowest BCUT2D eigenvalue weighted by atomic mass is 9.77. The van der Waals surface area contributed by atoms with Crippen molar-refractivity contribution < 1.29 is 0 Å². The highest BCUT2D eigenvalue weighted by atomic mass is 15.0. The van der Waals surface area contributed by atoms with Crippen LogP contribution in [-0.4, -0.2) is 28.8 Å². The molecule has 1 fully saturated rings. The van der Waals surface area contributed by atoms with Crippen LogP contribution in [0.5, 0.6) is 0 Å².